The van der Waals surface area contributed by atoms with E-state index >= 15 is 0 Å². The highest BCUT2D eigenvalue weighted by Crippen LogP contribution is 2.44. The summed E-state index contributed by atoms with van der Waals surface area (Å²) < 4.78 is 29.7. The van der Waals surface area contributed by atoms with Crippen molar-refractivity contribution in [2.45, 2.75) is 43.5 Å². The maximum absolute atomic E-state index is 12.7. The van der Waals surface area contributed by atoms with E-state index in [9.17, 15) is 8.42 Å². The van der Waals surface area contributed by atoms with Gasteiger partial charge in [0.05, 0.1) is 10.6 Å². The number of aryl methyl sites for hydroxylation is 1. The Morgan fingerprint density at radius 3 is 2.74 bits per heavy atom. The molecule has 2 bridgehead atoms. The smallest absolute Gasteiger partial charge is 0.208 e. The predicted molar refractivity (Wildman–Crippen MR) is 83.4 cm³/mol. The number of benzene rings is 1. The van der Waals surface area contributed by atoms with Gasteiger partial charge < -0.3 is 0 Å². The van der Waals surface area contributed by atoms with Gasteiger partial charge in [-0.05, 0) is 72.2 Å². The number of tetrazole rings is 1. The zero-order valence-electron chi connectivity index (χ0n) is 12.9. The van der Waals surface area contributed by atoms with Crippen LogP contribution in [0.2, 0.25) is 0 Å². The number of fused-ring (bicyclic) bond motifs is 2. The van der Waals surface area contributed by atoms with Gasteiger partial charge in [0.25, 0.3) is 0 Å². The molecule has 2 fully saturated rings. The van der Waals surface area contributed by atoms with Gasteiger partial charge in [-0.25, -0.2) is 17.8 Å². The van der Waals surface area contributed by atoms with Gasteiger partial charge in [0.1, 0.15) is 6.33 Å². The summed E-state index contributed by atoms with van der Waals surface area (Å²) in [4.78, 5) is 0.301. The molecule has 0 radical (unpaired) electrons. The lowest BCUT2D eigenvalue weighted by Crippen LogP contribution is -2.38. The topological polar surface area (TPSA) is 89.8 Å². The standard InChI is InChI=1S/C15H19N5O2S/c1-10-6-13(4-5-15(10)20-9-16-18-19-20)23(21,22)17-14-8-11-2-3-12(14)7-11/h4-6,9,11-12,14,17H,2-3,7-8H2,1H3/t11-,12-,14-/m1/s1. The van der Waals surface area contributed by atoms with Crippen LogP contribution in [-0.2, 0) is 10.0 Å². The Morgan fingerprint density at radius 1 is 1.26 bits per heavy atom. The van der Waals surface area contributed by atoms with E-state index in [1.807, 2.05) is 6.92 Å². The van der Waals surface area contributed by atoms with Crippen LogP contribution in [0.1, 0.15) is 31.2 Å². The number of aromatic nitrogens is 4. The first kappa shape index (κ1) is 14.8. The second kappa shape index (κ2) is 5.38. The van der Waals surface area contributed by atoms with E-state index in [4.69, 9.17) is 0 Å². The van der Waals surface area contributed by atoms with Crippen molar-refractivity contribution in [3.63, 3.8) is 0 Å². The van der Waals surface area contributed by atoms with Crippen LogP contribution in [0, 0.1) is 18.8 Å². The molecule has 1 heterocycles. The molecular formula is C15H19N5O2S. The van der Waals surface area contributed by atoms with E-state index in [1.165, 1.54) is 23.9 Å². The Hall–Kier alpha value is -1.80. The molecule has 8 heteroatoms. The van der Waals surface area contributed by atoms with Crippen LogP contribution >= 0.6 is 0 Å². The summed E-state index contributed by atoms with van der Waals surface area (Å²) in [5.74, 6) is 1.22. The van der Waals surface area contributed by atoms with Crippen molar-refractivity contribution in [3.05, 3.63) is 30.1 Å². The fourth-order valence-electron chi connectivity index (χ4n) is 3.98. The van der Waals surface area contributed by atoms with Crippen molar-refractivity contribution in [1.29, 1.82) is 0 Å². The van der Waals surface area contributed by atoms with Crippen LogP contribution in [-0.4, -0.2) is 34.7 Å². The Labute approximate surface area is 135 Å². The molecule has 2 aliphatic rings. The summed E-state index contributed by atoms with van der Waals surface area (Å²) in [6, 6.07) is 5.12. The lowest BCUT2D eigenvalue weighted by Gasteiger charge is -2.23. The number of rotatable bonds is 4. The molecular weight excluding hydrogens is 314 g/mol. The molecule has 2 aliphatic carbocycles. The van der Waals surface area contributed by atoms with Gasteiger partial charge in [0, 0.05) is 6.04 Å². The SMILES string of the molecule is Cc1cc(S(=O)(=O)N[C@@H]2C[C@@H]3CC[C@@H]2C3)ccc1-n1cnnn1. The molecule has 1 aromatic carbocycles. The van der Waals surface area contributed by atoms with E-state index in [2.05, 4.69) is 20.2 Å². The average Bonchev–Trinajstić information content (AvgIpc) is 3.24. The van der Waals surface area contributed by atoms with Gasteiger partial charge in [-0.1, -0.05) is 6.42 Å². The Balaban J connectivity index is 1.58. The van der Waals surface area contributed by atoms with Crippen molar-refractivity contribution in [3.8, 4) is 5.69 Å². The fraction of sp³-hybridized carbons (Fsp3) is 0.533. The molecule has 0 aliphatic heterocycles. The average molecular weight is 333 g/mol. The molecule has 0 unspecified atom stereocenters. The third-order valence-electron chi connectivity index (χ3n) is 5.12. The molecule has 3 atom stereocenters. The van der Waals surface area contributed by atoms with Crippen molar-refractivity contribution in [2.75, 3.05) is 0 Å². The number of nitrogens with one attached hydrogen (secondary N) is 1. The van der Waals surface area contributed by atoms with Gasteiger partial charge >= 0.3 is 0 Å². The summed E-state index contributed by atoms with van der Waals surface area (Å²) in [6.45, 7) is 1.85. The predicted octanol–water partition coefficient (Wildman–Crippen LogP) is 1.44. The number of sulfonamides is 1. The molecule has 23 heavy (non-hydrogen) atoms. The van der Waals surface area contributed by atoms with Crippen molar-refractivity contribution < 1.29 is 8.42 Å². The first-order valence-corrected chi connectivity index (χ1v) is 9.37. The van der Waals surface area contributed by atoms with E-state index in [0.29, 0.717) is 16.7 Å². The number of hydrogen-bond donors (Lipinski definition) is 1. The summed E-state index contributed by atoms with van der Waals surface area (Å²) in [5.41, 5.74) is 1.59. The van der Waals surface area contributed by atoms with E-state index in [0.717, 1.165) is 24.1 Å². The molecule has 1 N–H and O–H groups in total. The maximum Gasteiger partial charge on any atom is 0.240 e. The minimum atomic E-state index is -3.49. The lowest BCUT2D eigenvalue weighted by atomic mass is 9.96. The maximum atomic E-state index is 12.7. The summed E-state index contributed by atoms with van der Waals surface area (Å²) >= 11 is 0. The summed E-state index contributed by atoms with van der Waals surface area (Å²) in [7, 11) is -3.49. The van der Waals surface area contributed by atoms with E-state index < -0.39 is 10.0 Å². The number of nitrogens with zero attached hydrogens (tertiary/aromatic N) is 4. The Kier molecular flexibility index (Phi) is 3.46. The molecule has 2 aromatic rings. The first-order valence-electron chi connectivity index (χ1n) is 7.89. The minimum Gasteiger partial charge on any atom is -0.208 e. The van der Waals surface area contributed by atoms with Crippen molar-refractivity contribution in [2.24, 2.45) is 11.8 Å². The highest BCUT2D eigenvalue weighted by atomic mass is 32.2. The molecule has 0 spiro atoms. The normalized spacial score (nSPS) is 26.7. The zero-order valence-corrected chi connectivity index (χ0v) is 13.7. The molecule has 2 saturated carbocycles. The van der Waals surface area contributed by atoms with E-state index in [-0.39, 0.29) is 6.04 Å². The Morgan fingerprint density at radius 2 is 2.13 bits per heavy atom. The second-order valence-electron chi connectivity index (χ2n) is 6.61. The first-order chi connectivity index (χ1) is 11.0. The van der Waals surface area contributed by atoms with Gasteiger partial charge in [-0.3, -0.25) is 0 Å². The Bertz CT molecular complexity index is 818. The minimum absolute atomic E-state index is 0.0956. The van der Waals surface area contributed by atoms with Crippen LogP contribution in [0.4, 0.5) is 0 Å². The second-order valence-corrected chi connectivity index (χ2v) is 8.32. The summed E-state index contributed by atoms with van der Waals surface area (Å²) in [5, 5.41) is 11.0. The quantitative estimate of drug-likeness (QED) is 0.914. The van der Waals surface area contributed by atoms with Crippen LogP contribution < -0.4 is 4.72 Å². The van der Waals surface area contributed by atoms with Crippen molar-refractivity contribution in [1.82, 2.24) is 24.9 Å². The number of hydrogen-bond acceptors (Lipinski definition) is 5. The van der Waals surface area contributed by atoms with Gasteiger partial charge in [-0.15, -0.1) is 5.10 Å². The van der Waals surface area contributed by atoms with Crippen LogP contribution in [0.3, 0.4) is 0 Å². The zero-order chi connectivity index (χ0) is 16.0. The molecule has 0 saturated heterocycles. The van der Waals surface area contributed by atoms with Crippen LogP contribution in [0.25, 0.3) is 5.69 Å². The largest absolute Gasteiger partial charge is 0.240 e. The molecule has 1 aromatic heterocycles. The fourth-order valence-corrected chi connectivity index (χ4v) is 5.38. The molecule has 0 amide bonds. The third-order valence-corrected chi connectivity index (χ3v) is 6.61. The summed E-state index contributed by atoms with van der Waals surface area (Å²) in [6.07, 6.45) is 6.04. The highest BCUT2D eigenvalue weighted by Gasteiger charge is 2.41. The van der Waals surface area contributed by atoms with Crippen molar-refractivity contribution >= 4 is 10.0 Å². The van der Waals surface area contributed by atoms with Crippen LogP contribution in [0.15, 0.2) is 29.4 Å². The lowest BCUT2D eigenvalue weighted by molar-refractivity contribution is 0.390. The molecule has 7 nitrogen and oxygen atoms in total. The monoisotopic (exact) mass is 333 g/mol. The van der Waals surface area contributed by atoms with Crippen LogP contribution in [0.5, 0.6) is 0 Å². The van der Waals surface area contributed by atoms with Gasteiger partial charge in [-0.2, -0.15) is 0 Å². The van der Waals surface area contributed by atoms with E-state index in [1.54, 1.807) is 18.2 Å². The van der Waals surface area contributed by atoms with Gasteiger partial charge in [0.2, 0.25) is 10.0 Å². The molecule has 122 valence electrons. The van der Waals surface area contributed by atoms with Gasteiger partial charge in [0.15, 0.2) is 0 Å². The third kappa shape index (κ3) is 2.66. The molecule has 4 rings (SSSR count). The highest BCUT2D eigenvalue weighted by molar-refractivity contribution is 7.89.